The molecule has 0 saturated carbocycles. The lowest BCUT2D eigenvalue weighted by Gasteiger charge is -1.93. The number of thioether (sulfide) groups is 1. The second-order valence-corrected chi connectivity index (χ2v) is 4.09. The first-order valence-electron chi connectivity index (χ1n) is 4.20. The van der Waals surface area contributed by atoms with Gasteiger partial charge in [0.1, 0.15) is 0 Å². The van der Waals surface area contributed by atoms with E-state index in [9.17, 15) is 4.79 Å². The van der Waals surface area contributed by atoms with Crippen LogP contribution in [0, 0.1) is 0 Å². The number of nitrogens with zero attached hydrogens (tertiary/aromatic N) is 1. The van der Waals surface area contributed by atoms with Crippen LogP contribution in [0.15, 0.2) is 35.4 Å². The maximum absolute atomic E-state index is 10.8. The Balaban J connectivity index is 2.60. The summed E-state index contributed by atoms with van der Waals surface area (Å²) in [5.41, 5.74) is 6.25. The predicted molar refractivity (Wildman–Crippen MR) is 58.4 cm³/mol. The van der Waals surface area contributed by atoms with Crippen LogP contribution in [0.4, 0.5) is 4.79 Å². The monoisotopic (exact) mass is 206 g/mol. The van der Waals surface area contributed by atoms with Gasteiger partial charge in [-0.25, -0.2) is 0 Å². The summed E-state index contributed by atoms with van der Waals surface area (Å²) in [5.74, 6) is 0. The van der Waals surface area contributed by atoms with Gasteiger partial charge in [-0.1, -0.05) is 18.2 Å². The van der Waals surface area contributed by atoms with Crippen molar-refractivity contribution in [1.29, 1.82) is 0 Å². The largest absolute Gasteiger partial charge is 0.360 e. The number of hydrogen-bond acceptors (Lipinski definition) is 2. The quantitative estimate of drug-likeness (QED) is 0.728. The summed E-state index contributed by atoms with van der Waals surface area (Å²) in [6.07, 6.45) is 1.92. The van der Waals surface area contributed by atoms with Crippen LogP contribution >= 0.6 is 11.8 Å². The number of aromatic nitrogens is 1. The van der Waals surface area contributed by atoms with Gasteiger partial charge in [0.15, 0.2) is 0 Å². The van der Waals surface area contributed by atoms with Crippen LogP contribution in [-0.4, -0.2) is 9.81 Å². The summed E-state index contributed by atoms with van der Waals surface area (Å²) in [7, 11) is 1.95. The fourth-order valence-electron chi connectivity index (χ4n) is 1.49. The second kappa shape index (κ2) is 3.38. The third kappa shape index (κ3) is 1.48. The van der Waals surface area contributed by atoms with Crippen molar-refractivity contribution in [3.63, 3.8) is 0 Å². The third-order valence-corrected chi connectivity index (χ3v) is 2.82. The van der Waals surface area contributed by atoms with Crippen molar-refractivity contribution < 1.29 is 4.79 Å². The molecule has 0 fully saturated rings. The SMILES string of the molecule is Cn1cc(SC(N)=O)c2ccccc21. The van der Waals surface area contributed by atoms with E-state index in [1.54, 1.807) is 0 Å². The molecule has 0 atom stereocenters. The van der Waals surface area contributed by atoms with Gasteiger partial charge in [0, 0.05) is 29.0 Å². The molecule has 1 aromatic heterocycles. The summed E-state index contributed by atoms with van der Waals surface area (Å²) >= 11 is 1.07. The zero-order valence-electron chi connectivity index (χ0n) is 7.73. The molecule has 2 rings (SSSR count). The Bertz CT molecular complexity index is 490. The van der Waals surface area contributed by atoms with Crippen molar-refractivity contribution in [2.24, 2.45) is 12.8 Å². The van der Waals surface area contributed by atoms with E-state index in [-0.39, 0.29) is 5.24 Å². The van der Waals surface area contributed by atoms with E-state index in [1.807, 2.05) is 42.1 Å². The number of benzene rings is 1. The minimum atomic E-state index is -0.374. The number of para-hydroxylation sites is 1. The van der Waals surface area contributed by atoms with E-state index in [0.717, 1.165) is 27.6 Å². The molecule has 3 nitrogen and oxygen atoms in total. The predicted octanol–water partition coefficient (Wildman–Crippen LogP) is 2.35. The Kier molecular flexibility index (Phi) is 2.21. The van der Waals surface area contributed by atoms with Gasteiger partial charge < -0.3 is 10.3 Å². The minimum absolute atomic E-state index is 0.374. The third-order valence-electron chi connectivity index (χ3n) is 2.07. The number of carbonyl (C=O) groups is 1. The molecule has 1 amide bonds. The average Bonchev–Trinajstić information content (AvgIpc) is 2.44. The molecule has 2 aromatic rings. The van der Waals surface area contributed by atoms with Crippen LogP contribution in [-0.2, 0) is 7.05 Å². The number of hydrogen-bond donors (Lipinski definition) is 1. The molecule has 4 heteroatoms. The first-order valence-corrected chi connectivity index (χ1v) is 5.01. The van der Waals surface area contributed by atoms with Crippen LogP contribution in [0.1, 0.15) is 0 Å². The van der Waals surface area contributed by atoms with Gasteiger partial charge in [0.05, 0.1) is 0 Å². The van der Waals surface area contributed by atoms with Crippen molar-refractivity contribution in [2.45, 2.75) is 4.90 Å². The lowest BCUT2D eigenvalue weighted by Crippen LogP contribution is -2.00. The van der Waals surface area contributed by atoms with Crippen LogP contribution in [0.5, 0.6) is 0 Å². The molecule has 0 aliphatic carbocycles. The molecule has 0 aliphatic heterocycles. The Labute approximate surface area is 85.9 Å². The number of primary amides is 1. The first kappa shape index (κ1) is 9.15. The maximum Gasteiger partial charge on any atom is 0.281 e. The molecule has 0 saturated heterocycles. The lowest BCUT2D eigenvalue weighted by molar-refractivity contribution is 0.267. The van der Waals surface area contributed by atoms with Gasteiger partial charge in [-0.3, -0.25) is 4.79 Å². The van der Waals surface area contributed by atoms with Crippen molar-refractivity contribution >= 4 is 27.9 Å². The highest BCUT2D eigenvalue weighted by Gasteiger charge is 2.08. The maximum atomic E-state index is 10.8. The highest BCUT2D eigenvalue weighted by atomic mass is 32.2. The van der Waals surface area contributed by atoms with Crippen LogP contribution in [0.2, 0.25) is 0 Å². The van der Waals surface area contributed by atoms with Gasteiger partial charge in [-0.05, 0) is 17.8 Å². The highest BCUT2D eigenvalue weighted by Crippen LogP contribution is 2.28. The van der Waals surface area contributed by atoms with Crippen molar-refractivity contribution in [3.05, 3.63) is 30.5 Å². The fraction of sp³-hybridized carbons (Fsp3) is 0.100. The molecule has 0 unspecified atom stereocenters. The standard InChI is InChI=1S/C10H10N2OS/c1-12-6-9(14-10(11)13)7-4-2-3-5-8(7)12/h2-6H,1H3,(H2,11,13). The summed E-state index contributed by atoms with van der Waals surface area (Å²) in [4.78, 5) is 11.7. The minimum Gasteiger partial charge on any atom is -0.360 e. The van der Waals surface area contributed by atoms with Gasteiger partial charge in [-0.15, -0.1) is 0 Å². The molecular formula is C10H10N2OS. The van der Waals surface area contributed by atoms with E-state index >= 15 is 0 Å². The molecule has 14 heavy (non-hydrogen) atoms. The lowest BCUT2D eigenvalue weighted by atomic mass is 10.2. The smallest absolute Gasteiger partial charge is 0.281 e. The van der Waals surface area contributed by atoms with Crippen molar-refractivity contribution in [2.75, 3.05) is 0 Å². The average molecular weight is 206 g/mol. The Hall–Kier alpha value is -1.42. The molecule has 0 radical (unpaired) electrons. The second-order valence-electron chi connectivity index (χ2n) is 3.04. The summed E-state index contributed by atoms with van der Waals surface area (Å²) in [6.45, 7) is 0. The Morgan fingerprint density at radius 3 is 2.86 bits per heavy atom. The van der Waals surface area contributed by atoms with Crippen LogP contribution in [0.3, 0.4) is 0 Å². The van der Waals surface area contributed by atoms with E-state index in [4.69, 9.17) is 5.73 Å². The fourth-order valence-corrected chi connectivity index (χ4v) is 2.20. The molecule has 2 N–H and O–H groups in total. The van der Waals surface area contributed by atoms with E-state index in [0.29, 0.717) is 0 Å². The van der Waals surface area contributed by atoms with Gasteiger partial charge in [0.2, 0.25) is 0 Å². The highest BCUT2D eigenvalue weighted by molar-refractivity contribution is 8.13. The zero-order valence-corrected chi connectivity index (χ0v) is 8.54. The number of amides is 1. The van der Waals surface area contributed by atoms with Crippen molar-refractivity contribution in [1.82, 2.24) is 4.57 Å². The zero-order chi connectivity index (χ0) is 10.1. The van der Waals surface area contributed by atoms with E-state index in [2.05, 4.69) is 0 Å². The first-order chi connectivity index (χ1) is 6.68. The van der Waals surface area contributed by atoms with Gasteiger partial charge in [-0.2, -0.15) is 0 Å². The molecule has 0 bridgehead atoms. The molecular weight excluding hydrogens is 196 g/mol. The van der Waals surface area contributed by atoms with Crippen LogP contribution < -0.4 is 5.73 Å². The summed E-state index contributed by atoms with van der Waals surface area (Å²) in [6, 6.07) is 7.93. The molecule has 72 valence electrons. The number of aryl methyl sites for hydroxylation is 1. The number of rotatable bonds is 1. The topological polar surface area (TPSA) is 48.0 Å². The van der Waals surface area contributed by atoms with Gasteiger partial charge >= 0.3 is 0 Å². The molecule has 0 spiro atoms. The molecule has 1 aromatic carbocycles. The summed E-state index contributed by atoms with van der Waals surface area (Å²) in [5, 5.41) is 0.695. The van der Waals surface area contributed by atoms with Crippen molar-refractivity contribution in [3.8, 4) is 0 Å². The Morgan fingerprint density at radius 2 is 2.14 bits per heavy atom. The molecule has 0 aliphatic rings. The van der Waals surface area contributed by atoms with E-state index in [1.165, 1.54) is 0 Å². The van der Waals surface area contributed by atoms with Crippen LogP contribution in [0.25, 0.3) is 10.9 Å². The normalized spacial score (nSPS) is 10.6. The van der Waals surface area contributed by atoms with E-state index < -0.39 is 0 Å². The number of fused-ring (bicyclic) bond motifs is 1. The number of nitrogens with two attached hydrogens (primary N) is 1. The Morgan fingerprint density at radius 1 is 1.43 bits per heavy atom. The summed E-state index contributed by atoms with van der Waals surface area (Å²) < 4.78 is 1.99. The molecule has 1 heterocycles. The van der Waals surface area contributed by atoms with Gasteiger partial charge in [0.25, 0.3) is 5.24 Å². The number of carbonyl (C=O) groups excluding carboxylic acids is 1.